The highest BCUT2D eigenvalue weighted by Gasteiger charge is 2.21. The van der Waals surface area contributed by atoms with Gasteiger partial charge >= 0.3 is 6.09 Å². The Kier molecular flexibility index (Phi) is 5.63. The van der Waals surface area contributed by atoms with Crippen molar-refractivity contribution in [1.29, 1.82) is 0 Å². The lowest BCUT2D eigenvalue weighted by Crippen LogP contribution is -2.16. The van der Waals surface area contributed by atoms with Crippen LogP contribution in [0.25, 0.3) is 11.1 Å². The minimum Gasteiger partial charge on any atom is -0.410 e. The molecule has 1 atom stereocenters. The molecule has 1 aromatic heterocycles. The number of hydrogen-bond acceptors (Lipinski definition) is 7. The lowest BCUT2D eigenvalue weighted by atomic mass is 10.0. The first-order chi connectivity index (χ1) is 11.8. The average Bonchev–Trinajstić information content (AvgIpc) is 2.55. The largest absolute Gasteiger partial charge is 0.410 e. The predicted molar refractivity (Wildman–Crippen MR) is 91.1 cm³/mol. The van der Waals surface area contributed by atoms with Gasteiger partial charge in [-0.1, -0.05) is 17.7 Å². The summed E-state index contributed by atoms with van der Waals surface area (Å²) in [6.07, 6.45) is 0.991. The predicted octanol–water partition coefficient (Wildman–Crippen LogP) is 2.74. The van der Waals surface area contributed by atoms with Gasteiger partial charge in [-0.25, -0.2) is 4.79 Å². The number of amides is 1. The smallest absolute Gasteiger partial charge is 0.409 e. The molecule has 0 fully saturated rings. The third kappa shape index (κ3) is 4.28. The van der Waals surface area contributed by atoms with Crippen LogP contribution in [0.2, 0.25) is 5.15 Å². The molecule has 2 rings (SSSR count). The monoisotopic (exact) mass is 363 g/mol. The number of primary amides is 1. The van der Waals surface area contributed by atoms with E-state index < -0.39 is 17.1 Å². The van der Waals surface area contributed by atoms with Crippen molar-refractivity contribution in [2.45, 2.75) is 12.5 Å². The molecular formula is C15H14ClN5O4. The molecule has 0 saturated carbocycles. The Morgan fingerprint density at radius 2 is 2.12 bits per heavy atom. The summed E-state index contributed by atoms with van der Waals surface area (Å²) in [5.74, 6) is -0.0651. The first kappa shape index (κ1) is 18.3. The van der Waals surface area contributed by atoms with Crippen molar-refractivity contribution in [2.75, 3.05) is 0 Å². The van der Waals surface area contributed by atoms with Crippen molar-refractivity contribution in [2.24, 2.45) is 11.5 Å². The van der Waals surface area contributed by atoms with E-state index in [0.29, 0.717) is 12.1 Å². The van der Waals surface area contributed by atoms with E-state index in [-0.39, 0.29) is 27.7 Å². The number of carbonyl (C=O) groups is 1. The number of halogens is 1. The zero-order valence-electron chi connectivity index (χ0n) is 12.9. The number of aromatic nitrogens is 2. The second-order valence-electron chi connectivity index (χ2n) is 4.96. The van der Waals surface area contributed by atoms with Gasteiger partial charge in [0, 0.05) is 5.56 Å². The maximum Gasteiger partial charge on any atom is 0.409 e. The van der Waals surface area contributed by atoms with Crippen LogP contribution < -0.4 is 16.2 Å². The maximum absolute atomic E-state index is 11.4. The van der Waals surface area contributed by atoms with Gasteiger partial charge in [0.25, 0.3) is 5.69 Å². The second-order valence-corrected chi connectivity index (χ2v) is 5.32. The summed E-state index contributed by atoms with van der Waals surface area (Å²) in [7, 11) is 0. The SMILES string of the molecule is C=CCC(N)c1cc(-c2ccc(OC(N)=O)cc2[N+](=O)[O-])c(Cl)nn1. The summed E-state index contributed by atoms with van der Waals surface area (Å²) in [5.41, 5.74) is 11.4. The molecule has 2 aromatic rings. The van der Waals surface area contributed by atoms with E-state index in [1.807, 2.05) is 0 Å². The van der Waals surface area contributed by atoms with E-state index in [9.17, 15) is 14.9 Å². The van der Waals surface area contributed by atoms with Crippen LogP contribution in [-0.2, 0) is 0 Å². The normalized spacial score (nSPS) is 11.6. The number of hydrogen-bond donors (Lipinski definition) is 2. The molecule has 10 heteroatoms. The topological polar surface area (TPSA) is 147 Å². The van der Waals surface area contributed by atoms with Crippen LogP contribution in [0.15, 0.2) is 36.9 Å². The van der Waals surface area contributed by atoms with E-state index >= 15 is 0 Å². The Morgan fingerprint density at radius 1 is 1.40 bits per heavy atom. The molecule has 1 aromatic carbocycles. The molecule has 0 saturated heterocycles. The molecule has 0 spiro atoms. The third-order valence-corrected chi connectivity index (χ3v) is 3.52. The number of nitro benzene ring substituents is 1. The van der Waals surface area contributed by atoms with Crippen molar-refractivity contribution >= 4 is 23.4 Å². The van der Waals surface area contributed by atoms with Crippen LogP contribution in [0.5, 0.6) is 5.75 Å². The van der Waals surface area contributed by atoms with Gasteiger partial charge in [0.05, 0.1) is 28.3 Å². The molecule has 9 nitrogen and oxygen atoms in total. The summed E-state index contributed by atoms with van der Waals surface area (Å²) < 4.78 is 4.66. The molecule has 0 bridgehead atoms. The summed E-state index contributed by atoms with van der Waals surface area (Å²) in [4.78, 5) is 21.6. The van der Waals surface area contributed by atoms with Crippen molar-refractivity contribution in [3.05, 3.63) is 57.9 Å². The average molecular weight is 364 g/mol. The summed E-state index contributed by atoms with van der Waals surface area (Å²) in [6, 6.07) is 4.85. The molecule has 0 aliphatic heterocycles. The van der Waals surface area contributed by atoms with E-state index in [0.717, 1.165) is 6.07 Å². The number of benzene rings is 1. The summed E-state index contributed by atoms with van der Waals surface area (Å²) in [6.45, 7) is 3.60. The van der Waals surface area contributed by atoms with Crippen LogP contribution in [0.4, 0.5) is 10.5 Å². The van der Waals surface area contributed by atoms with Gasteiger partial charge in [0.15, 0.2) is 5.15 Å². The van der Waals surface area contributed by atoms with Crippen molar-refractivity contribution in [3.63, 3.8) is 0 Å². The number of rotatable bonds is 6. The highest BCUT2D eigenvalue weighted by Crippen LogP contribution is 2.36. The van der Waals surface area contributed by atoms with Crippen LogP contribution >= 0.6 is 11.6 Å². The van der Waals surface area contributed by atoms with Gasteiger partial charge in [0.2, 0.25) is 0 Å². The standard InChI is InChI=1S/C15H14ClN5O4/c1-2-3-11(17)12-7-10(14(16)20-19-12)9-5-4-8(25-15(18)22)6-13(9)21(23)24/h2,4-7,11H,1,3,17H2,(H2,18,22). The lowest BCUT2D eigenvalue weighted by molar-refractivity contribution is -0.384. The fourth-order valence-electron chi connectivity index (χ4n) is 2.13. The van der Waals surface area contributed by atoms with Gasteiger partial charge in [-0.3, -0.25) is 10.1 Å². The molecular weight excluding hydrogens is 350 g/mol. The fraction of sp³-hybridized carbons (Fsp3) is 0.133. The molecule has 25 heavy (non-hydrogen) atoms. The number of carbonyl (C=O) groups excluding carboxylic acids is 1. The number of nitrogens with two attached hydrogens (primary N) is 2. The van der Waals surface area contributed by atoms with E-state index in [2.05, 4.69) is 21.5 Å². The van der Waals surface area contributed by atoms with Gasteiger partial charge in [0.1, 0.15) is 5.75 Å². The maximum atomic E-state index is 11.4. The van der Waals surface area contributed by atoms with Gasteiger partial charge in [-0.05, 0) is 24.6 Å². The zero-order valence-corrected chi connectivity index (χ0v) is 13.6. The first-order valence-corrected chi connectivity index (χ1v) is 7.37. The number of nitro groups is 1. The number of ether oxygens (including phenoxy) is 1. The Balaban J connectivity index is 2.56. The Morgan fingerprint density at radius 3 is 2.72 bits per heavy atom. The van der Waals surface area contributed by atoms with E-state index in [4.69, 9.17) is 23.1 Å². The highest BCUT2D eigenvalue weighted by molar-refractivity contribution is 6.32. The first-order valence-electron chi connectivity index (χ1n) is 6.99. The van der Waals surface area contributed by atoms with E-state index in [1.54, 1.807) is 6.08 Å². The minimum atomic E-state index is -1.08. The molecule has 1 unspecified atom stereocenters. The summed E-state index contributed by atoms with van der Waals surface area (Å²) in [5, 5.41) is 19.1. The van der Waals surface area contributed by atoms with Crippen molar-refractivity contribution < 1.29 is 14.5 Å². The van der Waals surface area contributed by atoms with E-state index in [1.165, 1.54) is 18.2 Å². The van der Waals surface area contributed by atoms with Crippen molar-refractivity contribution in [1.82, 2.24) is 10.2 Å². The Hall–Kier alpha value is -3.04. The number of nitrogens with zero attached hydrogens (tertiary/aromatic N) is 3. The highest BCUT2D eigenvalue weighted by atomic mass is 35.5. The van der Waals surface area contributed by atoms with Crippen LogP contribution in [-0.4, -0.2) is 21.2 Å². The van der Waals surface area contributed by atoms with Crippen LogP contribution in [0.1, 0.15) is 18.2 Å². The molecule has 0 aliphatic carbocycles. The molecule has 4 N–H and O–H groups in total. The van der Waals surface area contributed by atoms with Gasteiger partial charge in [-0.15, -0.1) is 11.7 Å². The second kappa shape index (κ2) is 7.69. The summed E-state index contributed by atoms with van der Waals surface area (Å²) >= 11 is 6.05. The molecule has 0 radical (unpaired) electrons. The van der Waals surface area contributed by atoms with Gasteiger partial charge < -0.3 is 16.2 Å². The van der Waals surface area contributed by atoms with Gasteiger partial charge in [-0.2, -0.15) is 5.10 Å². The molecule has 1 heterocycles. The quantitative estimate of drug-likeness (QED) is 0.455. The molecule has 130 valence electrons. The van der Waals surface area contributed by atoms with Crippen LogP contribution in [0, 0.1) is 10.1 Å². The third-order valence-electron chi connectivity index (χ3n) is 3.24. The Bertz CT molecular complexity index is 843. The minimum absolute atomic E-state index is 0.0266. The molecule has 1 amide bonds. The fourth-order valence-corrected chi connectivity index (χ4v) is 2.33. The lowest BCUT2D eigenvalue weighted by Gasteiger charge is -2.11. The Labute approximate surface area is 147 Å². The van der Waals surface area contributed by atoms with Crippen LogP contribution in [0.3, 0.4) is 0 Å². The zero-order chi connectivity index (χ0) is 18.6. The molecule has 0 aliphatic rings. The van der Waals surface area contributed by atoms with Crippen molar-refractivity contribution in [3.8, 4) is 16.9 Å².